The van der Waals surface area contributed by atoms with Crippen LogP contribution in [0, 0.1) is 5.92 Å². The van der Waals surface area contributed by atoms with E-state index in [-0.39, 0.29) is 6.04 Å². The number of amides is 1. The number of thiophene rings is 1. The molecule has 1 atom stereocenters. The first-order valence-electron chi connectivity index (χ1n) is 6.48. The molecule has 1 heterocycles. The second kappa shape index (κ2) is 5.96. The number of nitrogens with one attached hydrogen (secondary N) is 1. The van der Waals surface area contributed by atoms with E-state index in [1.165, 1.54) is 4.88 Å². The van der Waals surface area contributed by atoms with Crippen LogP contribution in [-0.4, -0.2) is 5.91 Å². The van der Waals surface area contributed by atoms with Gasteiger partial charge in [0, 0.05) is 10.4 Å². The van der Waals surface area contributed by atoms with Crippen molar-refractivity contribution in [2.75, 3.05) is 11.1 Å². The Hall–Kier alpha value is -2.01. The van der Waals surface area contributed by atoms with Crippen molar-refractivity contribution in [3.63, 3.8) is 0 Å². The van der Waals surface area contributed by atoms with Gasteiger partial charge in [0.1, 0.15) is 0 Å². The fourth-order valence-electron chi connectivity index (χ4n) is 2.05. The number of carbonyl (C=O) groups is 1. The predicted octanol–water partition coefficient (Wildman–Crippen LogP) is 3.24. The summed E-state index contributed by atoms with van der Waals surface area (Å²) < 4.78 is 0. The van der Waals surface area contributed by atoms with E-state index in [1.807, 2.05) is 6.07 Å². The number of benzene rings is 1. The summed E-state index contributed by atoms with van der Waals surface area (Å²) in [5.41, 5.74) is 13.0. The second-order valence-electron chi connectivity index (χ2n) is 5.05. The number of primary amides is 1. The first-order valence-corrected chi connectivity index (χ1v) is 7.36. The van der Waals surface area contributed by atoms with Gasteiger partial charge in [0.25, 0.3) is 0 Å². The van der Waals surface area contributed by atoms with E-state index < -0.39 is 5.91 Å². The molecule has 0 saturated carbocycles. The molecule has 0 aliphatic heterocycles. The molecule has 5 N–H and O–H groups in total. The average Bonchev–Trinajstić information content (AvgIpc) is 2.90. The van der Waals surface area contributed by atoms with Gasteiger partial charge in [0.2, 0.25) is 5.91 Å². The minimum atomic E-state index is -0.470. The van der Waals surface area contributed by atoms with Crippen molar-refractivity contribution in [1.29, 1.82) is 0 Å². The minimum absolute atomic E-state index is 0.191. The smallest absolute Gasteiger partial charge is 0.248 e. The Morgan fingerprint density at radius 3 is 2.55 bits per heavy atom. The Kier molecular flexibility index (Phi) is 4.29. The Bertz CT molecular complexity index is 593. The molecule has 0 bridgehead atoms. The molecule has 1 amide bonds. The molecule has 0 saturated heterocycles. The third-order valence-corrected chi connectivity index (χ3v) is 4.12. The van der Waals surface area contributed by atoms with E-state index >= 15 is 0 Å². The maximum Gasteiger partial charge on any atom is 0.248 e. The average molecular weight is 289 g/mol. The van der Waals surface area contributed by atoms with E-state index in [0.717, 1.165) is 5.69 Å². The molecule has 0 spiro atoms. The van der Waals surface area contributed by atoms with Crippen molar-refractivity contribution < 1.29 is 4.79 Å². The van der Waals surface area contributed by atoms with Crippen LogP contribution in [0.4, 0.5) is 11.4 Å². The summed E-state index contributed by atoms with van der Waals surface area (Å²) >= 11 is 1.72. The normalized spacial score (nSPS) is 12.3. The third-order valence-electron chi connectivity index (χ3n) is 3.16. The Morgan fingerprint density at radius 1 is 1.30 bits per heavy atom. The van der Waals surface area contributed by atoms with Gasteiger partial charge < -0.3 is 16.8 Å². The number of rotatable bonds is 5. The highest BCUT2D eigenvalue weighted by Crippen LogP contribution is 2.32. The Labute approximate surface area is 122 Å². The highest BCUT2D eigenvalue weighted by atomic mass is 32.1. The van der Waals surface area contributed by atoms with Gasteiger partial charge in [-0.25, -0.2) is 0 Å². The lowest BCUT2D eigenvalue weighted by Gasteiger charge is -2.23. The van der Waals surface area contributed by atoms with Crippen molar-refractivity contribution in [3.05, 3.63) is 46.2 Å². The molecule has 0 fully saturated rings. The molecule has 1 unspecified atom stereocenters. The van der Waals surface area contributed by atoms with Gasteiger partial charge in [0.05, 0.1) is 17.4 Å². The highest BCUT2D eigenvalue weighted by Gasteiger charge is 2.17. The lowest BCUT2D eigenvalue weighted by Crippen LogP contribution is -2.17. The van der Waals surface area contributed by atoms with E-state index in [0.29, 0.717) is 17.2 Å². The van der Waals surface area contributed by atoms with Crippen LogP contribution < -0.4 is 16.8 Å². The number of hydrogen-bond acceptors (Lipinski definition) is 4. The number of carbonyl (C=O) groups excluding carboxylic acids is 1. The zero-order chi connectivity index (χ0) is 14.7. The van der Waals surface area contributed by atoms with E-state index in [4.69, 9.17) is 11.5 Å². The molecule has 0 radical (unpaired) electrons. The third kappa shape index (κ3) is 3.11. The molecule has 2 aromatic rings. The minimum Gasteiger partial charge on any atom is -0.397 e. The fraction of sp³-hybridized carbons (Fsp3) is 0.267. The molecular formula is C15H19N3OS. The van der Waals surface area contributed by atoms with Gasteiger partial charge in [-0.3, -0.25) is 4.79 Å². The Morgan fingerprint density at radius 2 is 2.05 bits per heavy atom. The van der Waals surface area contributed by atoms with E-state index in [1.54, 1.807) is 29.5 Å². The van der Waals surface area contributed by atoms with Crippen molar-refractivity contribution in [2.24, 2.45) is 11.7 Å². The molecule has 1 aromatic carbocycles. The Balaban J connectivity index is 2.25. The quantitative estimate of drug-likeness (QED) is 0.739. The first kappa shape index (κ1) is 14.4. The fourth-order valence-corrected chi connectivity index (χ4v) is 3.00. The zero-order valence-electron chi connectivity index (χ0n) is 11.6. The van der Waals surface area contributed by atoms with Gasteiger partial charge in [0.15, 0.2) is 0 Å². The van der Waals surface area contributed by atoms with E-state index in [2.05, 4.69) is 30.6 Å². The molecule has 0 aliphatic rings. The largest absolute Gasteiger partial charge is 0.397 e. The summed E-state index contributed by atoms with van der Waals surface area (Å²) in [5.74, 6) is -0.0502. The highest BCUT2D eigenvalue weighted by molar-refractivity contribution is 7.10. The predicted molar refractivity (Wildman–Crippen MR) is 84.9 cm³/mol. The lowest BCUT2D eigenvalue weighted by atomic mass is 10.0. The van der Waals surface area contributed by atoms with Crippen molar-refractivity contribution in [1.82, 2.24) is 0 Å². The summed E-state index contributed by atoms with van der Waals surface area (Å²) in [5, 5.41) is 5.51. The summed E-state index contributed by atoms with van der Waals surface area (Å²) in [4.78, 5) is 12.4. The van der Waals surface area contributed by atoms with Crippen LogP contribution in [0.15, 0.2) is 35.7 Å². The summed E-state index contributed by atoms with van der Waals surface area (Å²) in [7, 11) is 0. The molecule has 106 valence electrons. The molecule has 5 heteroatoms. The van der Waals surface area contributed by atoms with E-state index in [9.17, 15) is 4.79 Å². The van der Waals surface area contributed by atoms with Crippen molar-refractivity contribution in [3.8, 4) is 0 Å². The zero-order valence-corrected chi connectivity index (χ0v) is 12.4. The summed E-state index contributed by atoms with van der Waals surface area (Å²) in [6.45, 7) is 4.32. The monoisotopic (exact) mass is 289 g/mol. The van der Waals surface area contributed by atoms with Gasteiger partial charge in [-0.1, -0.05) is 19.9 Å². The topological polar surface area (TPSA) is 81.1 Å². The molecule has 2 rings (SSSR count). The van der Waals surface area contributed by atoms with Crippen LogP contribution in [0.5, 0.6) is 0 Å². The molecular weight excluding hydrogens is 270 g/mol. The van der Waals surface area contributed by atoms with Crippen LogP contribution >= 0.6 is 11.3 Å². The van der Waals surface area contributed by atoms with Crippen LogP contribution in [-0.2, 0) is 0 Å². The first-order chi connectivity index (χ1) is 9.49. The van der Waals surface area contributed by atoms with Crippen LogP contribution in [0.2, 0.25) is 0 Å². The van der Waals surface area contributed by atoms with Gasteiger partial charge in [-0.05, 0) is 35.6 Å². The van der Waals surface area contributed by atoms with Crippen molar-refractivity contribution >= 4 is 28.6 Å². The second-order valence-corrected chi connectivity index (χ2v) is 6.03. The SMILES string of the molecule is CC(C)C(Nc1ccc(C(N)=O)cc1N)c1cccs1. The number of nitrogen functional groups attached to an aromatic ring is 1. The van der Waals surface area contributed by atoms with Crippen LogP contribution in [0.25, 0.3) is 0 Å². The number of nitrogens with two attached hydrogens (primary N) is 2. The molecule has 0 aliphatic carbocycles. The van der Waals surface area contributed by atoms with Gasteiger partial charge >= 0.3 is 0 Å². The standard InChI is InChI=1S/C15H19N3OS/c1-9(2)14(13-4-3-7-20-13)18-12-6-5-10(15(17)19)8-11(12)16/h3-9,14,18H,16H2,1-2H3,(H2,17,19). The van der Waals surface area contributed by atoms with Gasteiger partial charge in [-0.2, -0.15) is 0 Å². The summed E-state index contributed by atoms with van der Waals surface area (Å²) in [6, 6.07) is 9.44. The van der Waals surface area contributed by atoms with Gasteiger partial charge in [-0.15, -0.1) is 11.3 Å². The molecule has 1 aromatic heterocycles. The van der Waals surface area contributed by atoms with Crippen LogP contribution in [0.1, 0.15) is 35.1 Å². The summed E-state index contributed by atoms with van der Waals surface area (Å²) in [6.07, 6.45) is 0. The lowest BCUT2D eigenvalue weighted by molar-refractivity contribution is 0.100. The maximum atomic E-state index is 11.1. The van der Waals surface area contributed by atoms with Crippen molar-refractivity contribution in [2.45, 2.75) is 19.9 Å². The molecule has 4 nitrogen and oxygen atoms in total. The number of hydrogen-bond donors (Lipinski definition) is 3. The maximum absolute atomic E-state index is 11.1. The number of anilines is 2. The van der Waals surface area contributed by atoms with Crippen LogP contribution in [0.3, 0.4) is 0 Å². The molecule has 20 heavy (non-hydrogen) atoms.